The number of halogens is 2. The number of pyridine rings is 1. The number of rotatable bonds is 9. The van der Waals surface area contributed by atoms with Crippen molar-refractivity contribution in [1.29, 1.82) is 0 Å². The third kappa shape index (κ3) is 7.35. The average molecular weight is 559 g/mol. The van der Waals surface area contributed by atoms with Crippen molar-refractivity contribution in [3.05, 3.63) is 89.7 Å². The van der Waals surface area contributed by atoms with Gasteiger partial charge < -0.3 is 34.5 Å². The fourth-order valence-corrected chi connectivity index (χ4v) is 4.68. The van der Waals surface area contributed by atoms with E-state index in [1.807, 2.05) is 61.0 Å². The maximum atomic E-state index is 11.8. The van der Waals surface area contributed by atoms with Crippen LogP contribution in [0, 0.1) is 6.92 Å². The molecule has 37 heavy (non-hydrogen) atoms. The number of methoxy groups -OCH3 is 1. The highest BCUT2D eigenvalue weighted by atomic mass is 35.5. The van der Waals surface area contributed by atoms with Crippen molar-refractivity contribution in [3.8, 4) is 5.75 Å². The van der Waals surface area contributed by atoms with E-state index in [0.717, 1.165) is 41.6 Å². The SMILES string of the molecule is COc1ccc(N(CC[n+]2ccccc2)c2ccc(N=Nc3sc(C(C)=O)c(C)[n+]3C)cc2)cc1.[Cl-].[Cl-]. The Morgan fingerprint density at radius 2 is 1.54 bits per heavy atom. The van der Waals surface area contributed by atoms with Crippen LogP contribution in [0.5, 0.6) is 5.75 Å². The normalized spacial score (nSPS) is 10.5. The Labute approximate surface area is 233 Å². The molecule has 0 radical (unpaired) electrons. The fraction of sp³-hybridized carbons (Fsp3) is 0.222. The molecule has 4 aromatic rings. The molecule has 10 heteroatoms. The van der Waals surface area contributed by atoms with E-state index in [1.54, 1.807) is 14.0 Å². The molecular weight excluding hydrogens is 529 g/mol. The summed E-state index contributed by atoms with van der Waals surface area (Å²) in [5.41, 5.74) is 3.78. The van der Waals surface area contributed by atoms with Gasteiger partial charge in [-0.05, 0) is 71.9 Å². The number of hydrogen-bond acceptors (Lipinski definition) is 6. The third-order valence-corrected chi connectivity index (χ3v) is 7.11. The van der Waals surface area contributed by atoms with Gasteiger partial charge in [-0.1, -0.05) is 6.07 Å². The molecule has 0 aliphatic rings. The van der Waals surface area contributed by atoms with E-state index in [-0.39, 0.29) is 30.6 Å². The summed E-state index contributed by atoms with van der Waals surface area (Å²) < 4.78 is 9.39. The summed E-state index contributed by atoms with van der Waals surface area (Å²) in [7, 11) is 3.57. The van der Waals surface area contributed by atoms with E-state index in [1.165, 1.54) is 11.3 Å². The van der Waals surface area contributed by atoms with Gasteiger partial charge in [-0.2, -0.15) is 0 Å². The zero-order chi connectivity index (χ0) is 24.8. The molecule has 2 aromatic carbocycles. The van der Waals surface area contributed by atoms with Gasteiger partial charge >= 0.3 is 5.13 Å². The first-order valence-corrected chi connectivity index (χ1v) is 12.2. The number of azo groups is 1. The van der Waals surface area contributed by atoms with Crippen molar-refractivity contribution >= 4 is 39.3 Å². The first-order valence-electron chi connectivity index (χ1n) is 11.3. The average Bonchev–Trinajstić information content (AvgIpc) is 3.18. The van der Waals surface area contributed by atoms with E-state index in [4.69, 9.17) is 4.74 Å². The predicted octanol–water partition coefficient (Wildman–Crippen LogP) is -0.359. The van der Waals surface area contributed by atoms with E-state index >= 15 is 0 Å². The van der Waals surface area contributed by atoms with Gasteiger partial charge in [0.1, 0.15) is 22.0 Å². The molecule has 0 saturated heterocycles. The molecule has 7 nitrogen and oxygen atoms in total. The molecule has 194 valence electrons. The largest absolute Gasteiger partial charge is 1.00 e. The zero-order valence-electron chi connectivity index (χ0n) is 21.1. The van der Waals surface area contributed by atoms with Gasteiger partial charge in [0.15, 0.2) is 24.7 Å². The van der Waals surface area contributed by atoms with Crippen molar-refractivity contribution in [3.63, 3.8) is 0 Å². The van der Waals surface area contributed by atoms with Gasteiger partial charge in [0.25, 0.3) is 0 Å². The second-order valence-corrected chi connectivity index (χ2v) is 9.07. The lowest BCUT2D eigenvalue weighted by molar-refractivity contribution is -0.694. The highest BCUT2D eigenvalue weighted by Crippen LogP contribution is 2.30. The smallest absolute Gasteiger partial charge is 0.409 e. The van der Waals surface area contributed by atoms with Crippen LogP contribution in [0.2, 0.25) is 0 Å². The molecule has 0 fully saturated rings. The number of nitrogens with zero attached hydrogens (tertiary/aromatic N) is 5. The van der Waals surface area contributed by atoms with Gasteiger partial charge in [-0.15, -0.1) is 0 Å². The first-order chi connectivity index (χ1) is 17.0. The Morgan fingerprint density at radius 3 is 2.08 bits per heavy atom. The highest BCUT2D eigenvalue weighted by Gasteiger charge is 2.21. The second kappa shape index (κ2) is 13.8. The van der Waals surface area contributed by atoms with Crippen LogP contribution in [0.4, 0.5) is 22.2 Å². The molecular formula is C27H29Cl2N5O2S. The summed E-state index contributed by atoms with van der Waals surface area (Å²) in [6, 6.07) is 22.2. The Balaban J connectivity index is 0.00000241. The Kier molecular flexibility index (Phi) is 11.2. The summed E-state index contributed by atoms with van der Waals surface area (Å²) in [5.74, 6) is 0.869. The molecule has 0 spiro atoms. The molecule has 0 N–H and O–H groups in total. The molecule has 0 aliphatic carbocycles. The third-order valence-electron chi connectivity index (χ3n) is 5.79. The number of ketones is 1. The quantitative estimate of drug-likeness (QED) is 0.160. The minimum absolute atomic E-state index is 0. The molecule has 4 rings (SSSR count). The lowest BCUT2D eigenvalue weighted by Crippen LogP contribution is -3.00. The fourth-order valence-electron chi connectivity index (χ4n) is 3.71. The van der Waals surface area contributed by atoms with E-state index in [2.05, 4.69) is 56.4 Å². The van der Waals surface area contributed by atoms with Crippen LogP contribution in [0.15, 0.2) is 89.4 Å². The van der Waals surface area contributed by atoms with Crippen molar-refractivity contribution in [2.24, 2.45) is 17.3 Å². The number of carbonyl (C=O) groups is 1. The van der Waals surface area contributed by atoms with Gasteiger partial charge in [0, 0.05) is 30.4 Å². The molecule has 0 bridgehead atoms. The van der Waals surface area contributed by atoms with Gasteiger partial charge in [0.05, 0.1) is 25.8 Å². The number of anilines is 2. The van der Waals surface area contributed by atoms with Crippen molar-refractivity contribution in [2.45, 2.75) is 20.4 Å². The number of hydrogen-bond donors (Lipinski definition) is 0. The second-order valence-electron chi connectivity index (χ2n) is 8.09. The number of ether oxygens (including phenoxy) is 1. The maximum absolute atomic E-state index is 11.8. The minimum atomic E-state index is 0. The molecule has 0 unspecified atom stereocenters. The van der Waals surface area contributed by atoms with Gasteiger partial charge in [-0.25, -0.2) is 9.13 Å². The maximum Gasteiger partial charge on any atom is 0.409 e. The van der Waals surface area contributed by atoms with Crippen LogP contribution in [0.25, 0.3) is 0 Å². The number of thiazole rings is 1. The summed E-state index contributed by atoms with van der Waals surface area (Å²) in [6.45, 7) is 5.12. The van der Waals surface area contributed by atoms with Crippen molar-refractivity contribution < 1.29 is 43.5 Å². The van der Waals surface area contributed by atoms with Crippen LogP contribution >= 0.6 is 11.3 Å². The summed E-state index contributed by atoms with van der Waals surface area (Å²) >= 11 is 1.36. The summed E-state index contributed by atoms with van der Waals surface area (Å²) in [4.78, 5) is 14.8. The summed E-state index contributed by atoms with van der Waals surface area (Å²) in [5, 5.41) is 9.49. The first kappa shape index (κ1) is 29.9. The number of carbonyl (C=O) groups excluding carboxylic acids is 1. The van der Waals surface area contributed by atoms with Crippen LogP contribution in [0.3, 0.4) is 0 Å². The minimum Gasteiger partial charge on any atom is -1.00 e. The van der Waals surface area contributed by atoms with Crippen molar-refractivity contribution in [2.75, 3.05) is 18.6 Å². The van der Waals surface area contributed by atoms with Gasteiger partial charge in [0.2, 0.25) is 0 Å². The summed E-state index contributed by atoms with van der Waals surface area (Å²) in [6.07, 6.45) is 4.14. The Hall–Kier alpha value is -3.33. The monoisotopic (exact) mass is 557 g/mol. The lowest BCUT2D eigenvalue weighted by Gasteiger charge is -2.24. The molecule has 0 saturated carbocycles. The van der Waals surface area contributed by atoms with Gasteiger partial charge in [-0.3, -0.25) is 4.79 Å². The molecule has 2 heterocycles. The van der Waals surface area contributed by atoms with E-state index in [0.29, 0.717) is 10.0 Å². The zero-order valence-corrected chi connectivity index (χ0v) is 23.5. The number of benzene rings is 2. The topological polar surface area (TPSA) is 62.0 Å². The van der Waals surface area contributed by atoms with Crippen LogP contribution in [0.1, 0.15) is 22.3 Å². The molecule has 0 atom stereocenters. The molecule has 0 amide bonds. The van der Waals surface area contributed by atoms with Crippen LogP contribution in [-0.4, -0.2) is 19.4 Å². The van der Waals surface area contributed by atoms with E-state index < -0.39 is 0 Å². The molecule has 2 aromatic heterocycles. The highest BCUT2D eigenvalue weighted by molar-refractivity contribution is 7.16. The number of aromatic nitrogens is 2. The predicted molar refractivity (Wildman–Crippen MR) is 137 cm³/mol. The Morgan fingerprint density at radius 1 is 0.946 bits per heavy atom. The Bertz CT molecular complexity index is 1330. The van der Waals surface area contributed by atoms with E-state index in [9.17, 15) is 4.79 Å². The van der Waals surface area contributed by atoms with Crippen molar-refractivity contribution in [1.82, 2.24) is 0 Å². The van der Waals surface area contributed by atoms with Crippen LogP contribution < -0.4 is 43.6 Å². The van der Waals surface area contributed by atoms with Crippen LogP contribution in [-0.2, 0) is 13.6 Å². The number of Topliss-reactive ketones (excluding diaryl/α,β-unsaturated/α-hetero) is 1. The standard InChI is InChI=1S/C27H29N5O2S.2ClH/c1-20-26(21(2)33)35-27(30(20)3)29-28-22-8-10-23(11-9-22)32(19-18-31-16-6-5-7-17-31)24-12-14-25(34-4)15-13-24;;/h5-17H,18-19H2,1-4H3;2*1H/q+2;;/p-2. The molecule has 0 aliphatic heterocycles. The lowest BCUT2D eigenvalue weighted by atomic mass is 10.2.